The predicted octanol–water partition coefficient (Wildman–Crippen LogP) is 5.08. The molecule has 1 N–H and O–H groups in total. The van der Waals surface area contributed by atoms with Gasteiger partial charge in [0.1, 0.15) is 0 Å². The van der Waals surface area contributed by atoms with Gasteiger partial charge in [0, 0.05) is 22.0 Å². The van der Waals surface area contributed by atoms with Crippen LogP contribution in [-0.2, 0) is 0 Å². The van der Waals surface area contributed by atoms with Crippen molar-refractivity contribution in [3.8, 4) is 11.3 Å². The van der Waals surface area contributed by atoms with Crippen LogP contribution in [0, 0.1) is 0 Å². The Morgan fingerprint density at radius 1 is 1.17 bits per heavy atom. The van der Waals surface area contributed by atoms with Gasteiger partial charge in [0.2, 0.25) is 0 Å². The first-order valence-electron chi connectivity index (χ1n) is 8.05. The Morgan fingerprint density at radius 3 is 2.58 bits per heavy atom. The first-order valence-corrected chi connectivity index (χ1v) is 8.43. The van der Waals surface area contributed by atoms with Crippen molar-refractivity contribution in [2.45, 2.75) is 26.3 Å². The standard InChI is InChI=1S/C20H19ClN2O/c1-3-13(2)22-20(24)17-12-19(14-8-10-15(21)11-9-14)23-18-7-5-4-6-16(17)18/h4-13H,3H2,1-2H3,(H,22,24)/t13-/m1/s1. The summed E-state index contributed by atoms with van der Waals surface area (Å²) in [6.45, 7) is 4.05. The van der Waals surface area contributed by atoms with Crippen LogP contribution in [0.2, 0.25) is 5.02 Å². The van der Waals surface area contributed by atoms with E-state index < -0.39 is 0 Å². The average molecular weight is 339 g/mol. The van der Waals surface area contributed by atoms with Crippen LogP contribution in [0.4, 0.5) is 0 Å². The molecule has 1 amide bonds. The highest BCUT2D eigenvalue weighted by Gasteiger charge is 2.15. The van der Waals surface area contributed by atoms with Gasteiger partial charge >= 0.3 is 0 Å². The molecule has 3 aromatic rings. The molecule has 1 atom stereocenters. The van der Waals surface area contributed by atoms with Crippen LogP contribution in [0.3, 0.4) is 0 Å². The third-order valence-corrected chi connectivity index (χ3v) is 4.34. The lowest BCUT2D eigenvalue weighted by atomic mass is 10.0. The summed E-state index contributed by atoms with van der Waals surface area (Å²) in [6, 6.07) is 17.2. The van der Waals surface area contributed by atoms with E-state index in [4.69, 9.17) is 16.6 Å². The zero-order valence-electron chi connectivity index (χ0n) is 13.7. The molecule has 0 spiro atoms. The van der Waals surface area contributed by atoms with Crippen molar-refractivity contribution in [1.82, 2.24) is 10.3 Å². The van der Waals surface area contributed by atoms with E-state index in [1.54, 1.807) is 0 Å². The van der Waals surface area contributed by atoms with Gasteiger partial charge in [-0.1, -0.05) is 48.9 Å². The predicted molar refractivity (Wildman–Crippen MR) is 99.4 cm³/mol. The van der Waals surface area contributed by atoms with Crippen LogP contribution in [0.15, 0.2) is 54.6 Å². The highest BCUT2D eigenvalue weighted by Crippen LogP contribution is 2.26. The second-order valence-corrected chi connectivity index (χ2v) is 6.30. The van der Waals surface area contributed by atoms with Gasteiger partial charge in [-0.15, -0.1) is 0 Å². The number of hydrogen-bond acceptors (Lipinski definition) is 2. The van der Waals surface area contributed by atoms with Crippen LogP contribution >= 0.6 is 11.6 Å². The number of fused-ring (bicyclic) bond motifs is 1. The summed E-state index contributed by atoms with van der Waals surface area (Å²) in [7, 11) is 0. The molecule has 122 valence electrons. The van der Waals surface area contributed by atoms with Crippen LogP contribution in [0.25, 0.3) is 22.2 Å². The van der Waals surface area contributed by atoms with E-state index >= 15 is 0 Å². The van der Waals surface area contributed by atoms with E-state index in [2.05, 4.69) is 12.2 Å². The van der Waals surface area contributed by atoms with Crippen LogP contribution in [0.5, 0.6) is 0 Å². The molecule has 0 unspecified atom stereocenters. The Hall–Kier alpha value is -2.39. The first-order chi connectivity index (χ1) is 11.6. The molecule has 3 nitrogen and oxygen atoms in total. The highest BCUT2D eigenvalue weighted by atomic mass is 35.5. The minimum atomic E-state index is -0.0711. The minimum Gasteiger partial charge on any atom is -0.350 e. The van der Waals surface area contributed by atoms with Crippen LogP contribution < -0.4 is 5.32 Å². The summed E-state index contributed by atoms with van der Waals surface area (Å²) < 4.78 is 0. The van der Waals surface area contributed by atoms with E-state index in [1.807, 2.05) is 61.5 Å². The van der Waals surface area contributed by atoms with E-state index in [0.717, 1.165) is 28.6 Å². The Morgan fingerprint density at radius 2 is 1.88 bits per heavy atom. The number of hydrogen-bond donors (Lipinski definition) is 1. The van der Waals surface area contributed by atoms with Gasteiger partial charge < -0.3 is 5.32 Å². The number of para-hydroxylation sites is 1. The van der Waals surface area contributed by atoms with Gasteiger partial charge in [-0.05, 0) is 37.6 Å². The number of carbonyl (C=O) groups is 1. The molecule has 24 heavy (non-hydrogen) atoms. The minimum absolute atomic E-state index is 0.0711. The third kappa shape index (κ3) is 3.41. The van der Waals surface area contributed by atoms with Crippen LogP contribution in [0.1, 0.15) is 30.6 Å². The molecule has 3 rings (SSSR count). The van der Waals surface area contributed by atoms with E-state index in [0.29, 0.717) is 10.6 Å². The summed E-state index contributed by atoms with van der Waals surface area (Å²) in [5, 5.41) is 4.57. The van der Waals surface area contributed by atoms with Gasteiger partial charge in [-0.2, -0.15) is 0 Å². The molecule has 0 radical (unpaired) electrons. The average Bonchev–Trinajstić information content (AvgIpc) is 2.61. The smallest absolute Gasteiger partial charge is 0.252 e. The maximum absolute atomic E-state index is 12.7. The molecule has 2 aromatic carbocycles. The molecule has 0 aliphatic carbocycles. The van der Waals surface area contributed by atoms with Crippen molar-refractivity contribution in [3.05, 3.63) is 65.2 Å². The quantitative estimate of drug-likeness (QED) is 0.720. The fourth-order valence-electron chi connectivity index (χ4n) is 2.54. The Labute approximate surface area is 146 Å². The fourth-order valence-corrected chi connectivity index (χ4v) is 2.66. The second kappa shape index (κ2) is 7.02. The molecule has 0 aliphatic rings. The molecule has 0 bridgehead atoms. The van der Waals surface area contributed by atoms with Gasteiger partial charge in [-0.3, -0.25) is 4.79 Å². The number of aromatic nitrogens is 1. The summed E-state index contributed by atoms with van der Waals surface area (Å²) in [5.41, 5.74) is 3.15. The monoisotopic (exact) mass is 338 g/mol. The lowest BCUT2D eigenvalue weighted by Crippen LogP contribution is -2.32. The maximum Gasteiger partial charge on any atom is 0.252 e. The zero-order chi connectivity index (χ0) is 17.1. The van der Waals surface area contributed by atoms with Gasteiger partial charge in [0.25, 0.3) is 5.91 Å². The van der Waals surface area contributed by atoms with Gasteiger partial charge in [0.05, 0.1) is 16.8 Å². The number of benzene rings is 2. The third-order valence-electron chi connectivity index (χ3n) is 4.09. The van der Waals surface area contributed by atoms with Crippen molar-refractivity contribution >= 4 is 28.4 Å². The Bertz CT molecular complexity index is 874. The van der Waals surface area contributed by atoms with Crippen molar-refractivity contribution < 1.29 is 4.79 Å². The Balaban J connectivity index is 2.12. The van der Waals surface area contributed by atoms with E-state index in [1.165, 1.54) is 0 Å². The zero-order valence-corrected chi connectivity index (χ0v) is 14.5. The first kappa shape index (κ1) is 16.5. The highest BCUT2D eigenvalue weighted by molar-refractivity contribution is 6.30. The number of pyridine rings is 1. The fraction of sp³-hybridized carbons (Fsp3) is 0.200. The maximum atomic E-state index is 12.7. The molecular weight excluding hydrogens is 320 g/mol. The number of nitrogens with one attached hydrogen (secondary N) is 1. The lowest BCUT2D eigenvalue weighted by molar-refractivity contribution is 0.0941. The summed E-state index contributed by atoms with van der Waals surface area (Å²) >= 11 is 5.96. The van der Waals surface area contributed by atoms with Crippen molar-refractivity contribution in [2.24, 2.45) is 0 Å². The molecular formula is C20H19ClN2O. The van der Waals surface area contributed by atoms with Crippen molar-refractivity contribution in [1.29, 1.82) is 0 Å². The molecule has 0 saturated heterocycles. The number of carbonyl (C=O) groups excluding carboxylic acids is 1. The van der Waals surface area contributed by atoms with Crippen LogP contribution in [-0.4, -0.2) is 16.9 Å². The number of nitrogens with zero attached hydrogens (tertiary/aromatic N) is 1. The van der Waals surface area contributed by atoms with Gasteiger partial charge in [0.15, 0.2) is 0 Å². The molecule has 0 saturated carbocycles. The Kier molecular flexibility index (Phi) is 4.81. The number of amides is 1. The normalized spacial score (nSPS) is 12.1. The number of halogens is 1. The molecule has 0 fully saturated rings. The van der Waals surface area contributed by atoms with E-state index in [9.17, 15) is 4.79 Å². The van der Waals surface area contributed by atoms with Gasteiger partial charge in [-0.25, -0.2) is 4.98 Å². The summed E-state index contributed by atoms with van der Waals surface area (Å²) in [5.74, 6) is -0.0711. The summed E-state index contributed by atoms with van der Waals surface area (Å²) in [4.78, 5) is 17.4. The topological polar surface area (TPSA) is 42.0 Å². The molecule has 1 aromatic heterocycles. The number of rotatable bonds is 4. The second-order valence-electron chi connectivity index (χ2n) is 5.86. The SMILES string of the molecule is CC[C@@H](C)NC(=O)c1cc(-c2ccc(Cl)cc2)nc2ccccc12. The summed E-state index contributed by atoms with van der Waals surface area (Å²) in [6.07, 6.45) is 0.888. The van der Waals surface area contributed by atoms with Crippen molar-refractivity contribution in [2.75, 3.05) is 0 Å². The molecule has 4 heteroatoms. The lowest BCUT2D eigenvalue weighted by Gasteiger charge is -2.14. The largest absolute Gasteiger partial charge is 0.350 e. The molecule has 1 heterocycles. The van der Waals surface area contributed by atoms with E-state index in [-0.39, 0.29) is 11.9 Å². The molecule has 0 aliphatic heterocycles. The van der Waals surface area contributed by atoms with Crippen molar-refractivity contribution in [3.63, 3.8) is 0 Å².